The predicted octanol–water partition coefficient (Wildman–Crippen LogP) is 4.33. The van der Waals surface area contributed by atoms with Crippen LogP contribution in [0.25, 0.3) is 0 Å². The summed E-state index contributed by atoms with van der Waals surface area (Å²) < 4.78 is 19.7. The van der Waals surface area contributed by atoms with Crippen LogP contribution in [-0.4, -0.2) is 12.2 Å². The minimum absolute atomic E-state index is 0.0681. The molecule has 0 aromatic heterocycles. The molecule has 19 heavy (non-hydrogen) atoms. The van der Waals surface area contributed by atoms with Gasteiger partial charge >= 0.3 is 0 Å². The first-order valence-corrected chi connectivity index (χ1v) is 6.67. The van der Waals surface area contributed by atoms with Crippen molar-refractivity contribution in [1.82, 2.24) is 0 Å². The van der Waals surface area contributed by atoms with Crippen LogP contribution in [0.15, 0.2) is 40.9 Å². The normalized spacial score (nSPS) is 12.3. The summed E-state index contributed by atoms with van der Waals surface area (Å²) in [4.78, 5) is 0. The van der Waals surface area contributed by atoms with Crippen molar-refractivity contribution >= 4 is 27.5 Å². The third-order valence-electron chi connectivity index (χ3n) is 2.74. The smallest absolute Gasteiger partial charge is 0.172 e. The van der Waals surface area contributed by atoms with E-state index in [-0.39, 0.29) is 11.3 Å². The van der Waals surface area contributed by atoms with Crippen LogP contribution in [-0.2, 0) is 0 Å². The molecular formula is C14H11BrClFO2. The third kappa shape index (κ3) is 2.91. The van der Waals surface area contributed by atoms with Gasteiger partial charge in [0.15, 0.2) is 11.6 Å². The van der Waals surface area contributed by atoms with Crippen molar-refractivity contribution in [1.29, 1.82) is 0 Å². The van der Waals surface area contributed by atoms with Gasteiger partial charge in [-0.1, -0.05) is 29.8 Å². The lowest BCUT2D eigenvalue weighted by molar-refractivity contribution is 0.213. The molecule has 2 rings (SSSR count). The van der Waals surface area contributed by atoms with Crippen molar-refractivity contribution in [2.24, 2.45) is 0 Å². The van der Waals surface area contributed by atoms with Gasteiger partial charge in [0.2, 0.25) is 0 Å². The lowest BCUT2D eigenvalue weighted by Crippen LogP contribution is -2.04. The van der Waals surface area contributed by atoms with E-state index in [1.165, 1.54) is 13.2 Å². The maximum absolute atomic E-state index is 14.2. The minimum Gasteiger partial charge on any atom is -0.492 e. The Hall–Kier alpha value is -1.10. The second-order valence-corrected chi connectivity index (χ2v) is 5.23. The highest BCUT2D eigenvalue weighted by Crippen LogP contribution is 2.35. The maximum atomic E-state index is 14.2. The Morgan fingerprint density at radius 1 is 1.32 bits per heavy atom. The molecule has 0 aliphatic rings. The first-order valence-electron chi connectivity index (χ1n) is 5.50. The largest absolute Gasteiger partial charge is 0.492 e. The van der Waals surface area contributed by atoms with Gasteiger partial charge in [0.1, 0.15) is 6.10 Å². The molecule has 1 atom stereocenters. The molecular weight excluding hydrogens is 335 g/mol. The fraction of sp³-hybridized carbons (Fsp3) is 0.143. The molecule has 0 fully saturated rings. The van der Waals surface area contributed by atoms with Gasteiger partial charge in [0.25, 0.3) is 0 Å². The summed E-state index contributed by atoms with van der Waals surface area (Å²) in [5, 5.41) is 10.7. The van der Waals surface area contributed by atoms with E-state index in [4.69, 9.17) is 16.3 Å². The van der Waals surface area contributed by atoms with Gasteiger partial charge in [-0.2, -0.15) is 0 Å². The molecule has 1 unspecified atom stereocenters. The number of benzene rings is 2. The van der Waals surface area contributed by atoms with E-state index in [2.05, 4.69) is 15.9 Å². The first kappa shape index (κ1) is 14.3. The lowest BCUT2D eigenvalue weighted by atomic mass is 10.0. The van der Waals surface area contributed by atoms with E-state index in [9.17, 15) is 9.50 Å². The topological polar surface area (TPSA) is 29.5 Å². The molecule has 100 valence electrons. The van der Waals surface area contributed by atoms with E-state index in [1.54, 1.807) is 30.3 Å². The van der Waals surface area contributed by atoms with Crippen LogP contribution < -0.4 is 4.74 Å². The molecule has 5 heteroatoms. The zero-order valence-electron chi connectivity index (χ0n) is 10.0. The van der Waals surface area contributed by atoms with Crippen molar-refractivity contribution in [3.63, 3.8) is 0 Å². The van der Waals surface area contributed by atoms with Crippen LogP contribution in [0.5, 0.6) is 5.75 Å². The Morgan fingerprint density at radius 3 is 2.68 bits per heavy atom. The van der Waals surface area contributed by atoms with Crippen molar-refractivity contribution < 1.29 is 14.2 Å². The quantitative estimate of drug-likeness (QED) is 0.897. The minimum atomic E-state index is -1.10. The van der Waals surface area contributed by atoms with Gasteiger partial charge < -0.3 is 9.84 Å². The Morgan fingerprint density at radius 2 is 2.05 bits per heavy atom. The zero-order valence-corrected chi connectivity index (χ0v) is 12.4. The molecule has 2 aromatic rings. The molecule has 0 saturated carbocycles. The first-order chi connectivity index (χ1) is 9.04. The number of ether oxygens (including phenoxy) is 1. The monoisotopic (exact) mass is 344 g/mol. The van der Waals surface area contributed by atoms with Crippen molar-refractivity contribution in [2.45, 2.75) is 6.10 Å². The molecule has 1 N–H and O–H groups in total. The second kappa shape index (κ2) is 5.90. The third-order valence-corrected chi connectivity index (χ3v) is 3.60. The summed E-state index contributed by atoms with van der Waals surface area (Å²) in [5.74, 6) is -0.525. The summed E-state index contributed by atoms with van der Waals surface area (Å²) in [5.41, 5.74) is 0.665. The van der Waals surface area contributed by atoms with Crippen molar-refractivity contribution in [2.75, 3.05) is 7.11 Å². The van der Waals surface area contributed by atoms with Gasteiger partial charge in [-0.25, -0.2) is 4.39 Å². The number of halogens is 3. The number of rotatable bonds is 3. The lowest BCUT2D eigenvalue weighted by Gasteiger charge is -2.15. The molecule has 0 heterocycles. The van der Waals surface area contributed by atoms with Gasteiger partial charge in [0.05, 0.1) is 11.6 Å². The highest BCUT2D eigenvalue weighted by atomic mass is 79.9. The Bertz CT molecular complexity index is 604. The summed E-state index contributed by atoms with van der Waals surface area (Å²) >= 11 is 9.05. The molecule has 2 nitrogen and oxygen atoms in total. The predicted molar refractivity (Wildman–Crippen MR) is 76.2 cm³/mol. The van der Waals surface area contributed by atoms with Gasteiger partial charge in [0, 0.05) is 10.6 Å². The van der Waals surface area contributed by atoms with Gasteiger partial charge in [-0.15, -0.1) is 0 Å². The Labute approximate surface area is 123 Å². The van der Waals surface area contributed by atoms with E-state index < -0.39 is 11.9 Å². The number of aliphatic hydroxyl groups is 1. The molecule has 0 spiro atoms. The fourth-order valence-electron chi connectivity index (χ4n) is 1.80. The number of hydrogen-bond acceptors (Lipinski definition) is 2. The Balaban J connectivity index is 2.47. The molecule has 0 bridgehead atoms. The molecule has 0 amide bonds. The highest BCUT2D eigenvalue weighted by Gasteiger charge is 2.20. The molecule has 0 radical (unpaired) electrons. The van der Waals surface area contributed by atoms with Crippen LogP contribution in [0.3, 0.4) is 0 Å². The summed E-state index contributed by atoms with van der Waals surface area (Å²) in [6.45, 7) is 0. The maximum Gasteiger partial charge on any atom is 0.172 e. The standard InChI is InChI=1S/C14H11BrClFO2/c1-19-14-11(15)6-5-10(12(14)17)13(18)8-3-2-4-9(16)7-8/h2-7,13,18H,1H3. The summed E-state index contributed by atoms with van der Waals surface area (Å²) in [7, 11) is 1.37. The summed E-state index contributed by atoms with van der Waals surface area (Å²) in [6, 6.07) is 9.81. The second-order valence-electron chi connectivity index (χ2n) is 3.94. The highest BCUT2D eigenvalue weighted by molar-refractivity contribution is 9.10. The van der Waals surface area contributed by atoms with Crippen LogP contribution in [0, 0.1) is 5.82 Å². The van der Waals surface area contributed by atoms with Crippen LogP contribution in [0.2, 0.25) is 5.02 Å². The number of hydrogen-bond donors (Lipinski definition) is 1. The average molecular weight is 346 g/mol. The van der Waals surface area contributed by atoms with Crippen molar-refractivity contribution in [3.05, 3.63) is 62.8 Å². The molecule has 2 aromatic carbocycles. The SMILES string of the molecule is COc1c(Br)ccc(C(O)c2cccc(Cl)c2)c1F. The van der Waals surface area contributed by atoms with Crippen LogP contribution in [0.4, 0.5) is 4.39 Å². The van der Waals surface area contributed by atoms with Crippen LogP contribution >= 0.6 is 27.5 Å². The molecule has 0 aliphatic heterocycles. The van der Waals surface area contributed by atoms with Crippen molar-refractivity contribution in [3.8, 4) is 5.75 Å². The average Bonchev–Trinajstić information content (AvgIpc) is 2.39. The zero-order chi connectivity index (χ0) is 14.0. The molecule has 0 aliphatic carbocycles. The summed E-state index contributed by atoms with van der Waals surface area (Å²) in [6.07, 6.45) is -1.10. The number of methoxy groups -OCH3 is 1. The molecule has 0 saturated heterocycles. The van der Waals surface area contributed by atoms with E-state index in [0.29, 0.717) is 15.1 Å². The van der Waals surface area contributed by atoms with E-state index in [0.717, 1.165) is 0 Å². The van der Waals surface area contributed by atoms with E-state index in [1.807, 2.05) is 0 Å². The van der Waals surface area contributed by atoms with Crippen LogP contribution in [0.1, 0.15) is 17.2 Å². The van der Waals surface area contributed by atoms with Gasteiger partial charge in [-0.05, 0) is 39.7 Å². The van der Waals surface area contributed by atoms with E-state index >= 15 is 0 Å². The Kier molecular flexibility index (Phi) is 4.45. The van der Waals surface area contributed by atoms with Gasteiger partial charge in [-0.3, -0.25) is 0 Å². The fourth-order valence-corrected chi connectivity index (χ4v) is 2.47. The number of aliphatic hydroxyl groups excluding tert-OH is 1.